The molecule has 0 aliphatic rings. The second-order valence-electron chi connectivity index (χ2n) is 5.63. The highest BCUT2D eigenvalue weighted by molar-refractivity contribution is 9.10. The molecule has 0 bridgehead atoms. The Hall–Kier alpha value is -0.840. The fourth-order valence-corrected chi connectivity index (χ4v) is 1.72. The van der Waals surface area contributed by atoms with Crippen LogP contribution in [0.25, 0.3) is 0 Å². The maximum atomic E-state index is 12.0. The summed E-state index contributed by atoms with van der Waals surface area (Å²) in [5.74, 6) is 0. The van der Waals surface area contributed by atoms with Crippen LogP contribution in [0.15, 0.2) is 15.5 Å². The normalized spacial score (nSPS) is 11.9. The zero-order valence-electron chi connectivity index (χ0n) is 11.0. The SMILES string of the molecule is CC(C)n1ncc(NCC(C)(C)C)c(Br)c1=O. The summed E-state index contributed by atoms with van der Waals surface area (Å²) in [6, 6.07) is 0.0652. The van der Waals surface area contributed by atoms with Crippen LogP contribution in [0, 0.1) is 5.41 Å². The Morgan fingerprint density at radius 1 is 1.47 bits per heavy atom. The molecule has 0 amide bonds. The Morgan fingerprint density at radius 3 is 2.53 bits per heavy atom. The van der Waals surface area contributed by atoms with Crippen LogP contribution in [-0.4, -0.2) is 16.3 Å². The summed E-state index contributed by atoms with van der Waals surface area (Å²) < 4.78 is 2.01. The van der Waals surface area contributed by atoms with Gasteiger partial charge in [0.15, 0.2) is 0 Å². The number of anilines is 1. The van der Waals surface area contributed by atoms with Crippen molar-refractivity contribution in [1.82, 2.24) is 9.78 Å². The molecule has 1 rings (SSSR count). The Bertz CT molecular complexity index is 446. The van der Waals surface area contributed by atoms with Crippen LogP contribution >= 0.6 is 15.9 Å². The predicted octanol–water partition coefficient (Wildman–Crippen LogP) is 3.04. The van der Waals surface area contributed by atoms with Crippen molar-refractivity contribution in [2.24, 2.45) is 5.41 Å². The van der Waals surface area contributed by atoms with Crippen molar-refractivity contribution in [1.29, 1.82) is 0 Å². The number of aromatic nitrogens is 2. The lowest BCUT2D eigenvalue weighted by Gasteiger charge is -2.20. The molecule has 0 spiro atoms. The van der Waals surface area contributed by atoms with Gasteiger partial charge in [-0.25, -0.2) is 4.68 Å². The van der Waals surface area contributed by atoms with E-state index in [1.807, 2.05) is 13.8 Å². The van der Waals surface area contributed by atoms with Gasteiger partial charge in [0.1, 0.15) is 4.47 Å². The monoisotopic (exact) mass is 301 g/mol. The third-order valence-corrected chi connectivity index (χ3v) is 3.01. The highest BCUT2D eigenvalue weighted by Gasteiger charge is 2.14. The summed E-state index contributed by atoms with van der Waals surface area (Å²) in [5.41, 5.74) is 0.813. The second kappa shape index (κ2) is 5.21. The van der Waals surface area contributed by atoms with Gasteiger partial charge < -0.3 is 5.32 Å². The number of hydrogen-bond acceptors (Lipinski definition) is 3. The summed E-state index contributed by atoms with van der Waals surface area (Å²) in [5, 5.41) is 7.39. The van der Waals surface area contributed by atoms with E-state index in [4.69, 9.17) is 0 Å². The molecule has 0 aromatic carbocycles. The van der Waals surface area contributed by atoms with E-state index in [0.717, 1.165) is 12.2 Å². The summed E-state index contributed by atoms with van der Waals surface area (Å²) in [6.45, 7) is 11.1. The highest BCUT2D eigenvalue weighted by atomic mass is 79.9. The van der Waals surface area contributed by atoms with E-state index in [0.29, 0.717) is 4.47 Å². The van der Waals surface area contributed by atoms with Gasteiger partial charge in [0.05, 0.1) is 17.9 Å². The number of halogens is 1. The van der Waals surface area contributed by atoms with Crippen molar-refractivity contribution < 1.29 is 0 Å². The van der Waals surface area contributed by atoms with Crippen molar-refractivity contribution in [3.8, 4) is 0 Å². The van der Waals surface area contributed by atoms with Crippen LogP contribution < -0.4 is 10.9 Å². The molecule has 0 atom stereocenters. The Labute approximate surface area is 111 Å². The standard InChI is InChI=1S/C12H20BrN3O/c1-8(2)16-11(17)10(13)9(6-15-16)14-7-12(3,4)5/h6,8,14H,7H2,1-5H3. The van der Waals surface area contributed by atoms with Gasteiger partial charge in [0, 0.05) is 6.54 Å². The molecule has 0 fully saturated rings. The van der Waals surface area contributed by atoms with Gasteiger partial charge >= 0.3 is 0 Å². The molecule has 1 aromatic heterocycles. The molecular formula is C12H20BrN3O. The Morgan fingerprint density at radius 2 is 2.06 bits per heavy atom. The van der Waals surface area contributed by atoms with E-state index < -0.39 is 0 Å². The molecule has 17 heavy (non-hydrogen) atoms. The first-order chi connectivity index (χ1) is 7.72. The zero-order chi connectivity index (χ0) is 13.2. The van der Waals surface area contributed by atoms with Crippen molar-refractivity contribution in [3.05, 3.63) is 21.0 Å². The fraction of sp³-hybridized carbons (Fsp3) is 0.667. The molecule has 1 heterocycles. The van der Waals surface area contributed by atoms with Crippen LogP contribution in [-0.2, 0) is 0 Å². The minimum absolute atomic E-state index is 0.0652. The molecule has 0 saturated heterocycles. The summed E-state index contributed by atoms with van der Waals surface area (Å²) in [4.78, 5) is 12.0. The van der Waals surface area contributed by atoms with E-state index in [1.165, 1.54) is 4.68 Å². The first-order valence-corrected chi connectivity index (χ1v) is 6.53. The van der Waals surface area contributed by atoms with Crippen LogP contribution in [0.4, 0.5) is 5.69 Å². The molecule has 0 radical (unpaired) electrons. The van der Waals surface area contributed by atoms with Crippen molar-refractivity contribution >= 4 is 21.6 Å². The van der Waals surface area contributed by atoms with E-state index in [1.54, 1.807) is 6.20 Å². The molecule has 0 unspecified atom stereocenters. The second-order valence-corrected chi connectivity index (χ2v) is 6.42. The van der Waals surface area contributed by atoms with Gasteiger partial charge in [0.25, 0.3) is 5.56 Å². The molecule has 5 heteroatoms. The number of rotatable bonds is 3. The average molecular weight is 302 g/mol. The molecule has 4 nitrogen and oxygen atoms in total. The highest BCUT2D eigenvalue weighted by Crippen LogP contribution is 2.20. The van der Waals surface area contributed by atoms with Crippen LogP contribution in [0.5, 0.6) is 0 Å². The topological polar surface area (TPSA) is 46.9 Å². The van der Waals surface area contributed by atoms with E-state index >= 15 is 0 Å². The Balaban J connectivity index is 2.98. The summed E-state index contributed by atoms with van der Waals surface area (Å²) in [6.07, 6.45) is 1.69. The third kappa shape index (κ3) is 3.84. The first kappa shape index (κ1) is 14.2. The van der Waals surface area contributed by atoms with Crippen LogP contribution in [0.1, 0.15) is 40.7 Å². The number of hydrogen-bond donors (Lipinski definition) is 1. The zero-order valence-corrected chi connectivity index (χ0v) is 12.6. The van der Waals surface area contributed by atoms with Crippen molar-refractivity contribution in [2.75, 3.05) is 11.9 Å². The number of nitrogens with zero attached hydrogens (tertiary/aromatic N) is 2. The smallest absolute Gasteiger partial charge is 0.283 e. The Kier molecular flexibility index (Phi) is 4.36. The third-order valence-electron chi connectivity index (χ3n) is 2.24. The van der Waals surface area contributed by atoms with E-state index in [2.05, 4.69) is 47.1 Å². The maximum absolute atomic E-state index is 12.0. The van der Waals surface area contributed by atoms with Crippen molar-refractivity contribution in [2.45, 2.75) is 40.7 Å². The van der Waals surface area contributed by atoms with Gasteiger partial charge in [-0.1, -0.05) is 20.8 Å². The van der Waals surface area contributed by atoms with Gasteiger partial charge in [-0.15, -0.1) is 0 Å². The predicted molar refractivity (Wildman–Crippen MR) is 74.5 cm³/mol. The summed E-state index contributed by atoms with van der Waals surface area (Å²) in [7, 11) is 0. The molecule has 0 aliphatic carbocycles. The minimum Gasteiger partial charge on any atom is -0.382 e. The van der Waals surface area contributed by atoms with Gasteiger partial charge in [-0.3, -0.25) is 4.79 Å². The maximum Gasteiger partial charge on any atom is 0.283 e. The lowest BCUT2D eigenvalue weighted by atomic mass is 9.97. The van der Waals surface area contributed by atoms with Crippen molar-refractivity contribution in [3.63, 3.8) is 0 Å². The number of nitrogens with one attached hydrogen (secondary N) is 1. The van der Waals surface area contributed by atoms with Gasteiger partial charge in [0.2, 0.25) is 0 Å². The first-order valence-electron chi connectivity index (χ1n) is 5.73. The van der Waals surface area contributed by atoms with Crippen LogP contribution in [0.2, 0.25) is 0 Å². The summed E-state index contributed by atoms with van der Waals surface area (Å²) >= 11 is 3.33. The molecule has 0 aliphatic heterocycles. The lowest BCUT2D eigenvalue weighted by molar-refractivity contribution is 0.442. The molecule has 1 N–H and O–H groups in total. The molecule has 1 aromatic rings. The quantitative estimate of drug-likeness (QED) is 0.933. The molecular weight excluding hydrogens is 282 g/mol. The molecule has 96 valence electrons. The minimum atomic E-state index is -0.0982. The van der Waals surface area contributed by atoms with Gasteiger partial charge in [-0.2, -0.15) is 5.10 Å². The average Bonchev–Trinajstić information content (AvgIpc) is 2.18. The van der Waals surface area contributed by atoms with Gasteiger partial charge in [-0.05, 0) is 35.2 Å². The lowest BCUT2D eigenvalue weighted by Crippen LogP contribution is -2.27. The van der Waals surface area contributed by atoms with E-state index in [-0.39, 0.29) is 17.0 Å². The largest absolute Gasteiger partial charge is 0.382 e. The van der Waals surface area contributed by atoms with Crippen LogP contribution in [0.3, 0.4) is 0 Å². The fourth-order valence-electron chi connectivity index (χ4n) is 1.30. The molecule has 0 saturated carbocycles. The van der Waals surface area contributed by atoms with E-state index in [9.17, 15) is 4.79 Å².